The van der Waals surface area contributed by atoms with Gasteiger partial charge in [-0.1, -0.05) is 26.0 Å². The molecule has 4 heteroatoms. The van der Waals surface area contributed by atoms with E-state index >= 15 is 0 Å². The molecular weight excluding hydrogens is 249 g/mol. The molecule has 0 radical (unpaired) electrons. The first-order chi connectivity index (χ1) is 8.54. The summed E-state index contributed by atoms with van der Waals surface area (Å²) in [6.45, 7) is 6.60. The number of Topliss-reactive ketones (excluding diaryl/α,β-unsaturated/α-hetero) is 1. The number of rotatable bonds is 3. The molecule has 98 valence electrons. The summed E-state index contributed by atoms with van der Waals surface area (Å²) in [7, 11) is 0. The van der Waals surface area contributed by atoms with Crippen molar-refractivity contribution >= 4 is 17.5 Å². The number of carbonyl (C=O) groups is 1. The Bertz CT molecular complexity index is 428. The van der Waals surface area contributed by atoms with Gasteiger partial charge >= 0.3 is 0 Å². The van der Waals surface area contributed by atoms with Gasteiger partial charge in [-0.2, -0.15) is 11.8 Å². The van der Waals surface area contributed by atoms with E-state index in [9.17, 15) is 9.18 Å². The van der Waals surface area contributed by atoms with E-state index in [0.29, 0.717) is 22.6 Å². The number of hydrogen-bond donors (Lipinski definition) is 0. The molecule has 2 rings (SSSR count). The van der Waals surface area contributed by atoms with Gasteiger partial charge in [-0.3, -0.25) is 9.69 Å². The lowest BCUT2D eigenvalue weighted by molar-refractivity contribution is 0.0929. The van der Waals surface area contributed by atoms with Crippen molar-refractivity contribution in [2.24, 2.45) is 0 Å². The summed E-state index contributed by atoms with van der Waals surface area (Å²) >= 11 is 1.96. The van der Waals surface area contributed by atoms with Crippen LogP contribution < -0.4 is 0 Å². The lowest BCUT2D eigenvalue weighted by Crippen LogP contribution is -2.42. The fraction of sp³-hybridized carbons (Fsp3) is 0.500. The first-order valence-electron chi connectivity index (χ1n) is 6.21. The molecule has 1 aliphatic heterocycles. The summed E-state index contributed by atoms with van der Waals surface area (Å²) in [5, 5.41) is 1.10. The van der Waals surface area contributed by atoms with Crippen molar-refractivity contribution in [1.82, 2.24) is 4.90 Å². The molecule has 0 aromatic heterocycles. The number of benzene rings is 1. The Morgan fingerprint density at radius 2 is 2.06 bits per heavy atom. The molecule has 1 aliphatic rings. The van der Waals surface area contributed by atoms with E-state index in [4.69, 9.17) is 0 Å². The van der Waals surface area contributed by atoms with Gasteiger partial charge < -0.3 is 0 Å². The van der Waals surface area contributed by atoms with E-state index in [1.54, 1.807) is 12.1 Å². The topological polar surface area (TPSA) is 20.3 Å². The molecule has 0 N–H and O–H groups in total. The van der Waals surface area contributed by atoms with Crippen LogP contribution in [0.5, 0.6) is 0 Å². The number of hydrogen-bond acceptors (Lipinski definition) is 3. The average molecular weight is 267 g/mol. The third kappa shape index (κ3) is 3.56. The van der Waals surface area contributed by atoms with Gasteiger partial charge in [-0.25, -0.2) is 4.39 Å². The molecule has 0 spiro atoms. The molecule has 2 nitrogen and oxygen atoms in total. The molecule has 18 heavy (non-hydrogen) atoms. The zero-order valence-corrected chi connectivity index (χ0v) is 11.5. The lowest BCUT2D eigenvalue weighted by Gasteiger charge is -2.34. The zero-order chi connectivity index (χ0) is 13.1. The summed E-state index contributed by atoms with van der Waals surface area (Å²) in [5.41, 5.74) is 0.466. The van der Waals surface area contributed by atoms with E-state index in [-0.39, 0.29) is 11.6 Å². The molecular formula is C14H18FNOS. The van der Waals surface area contributed by atoms with Crippen molar-refractivity contribution in [3.63, 3.8) is 0 Å². The summed E-state index contributed by atoms with van der Waals surface area (Å²) in [6, 6.07) is 5.93. The zero-order valence-electron chi connectivity index (χ0n) is 10.7. The van der Waals surface area contributed by atoms with Gasteiger partial charge in [0.05, 0.1) is 6.54 Å². The summed E-state index contributed by atoms with van der Waals surface area (Å²) in [4.78, 5) is 14.2. The molecule has 0 saturated carbocycles. The molecule has 0 amide bonds. The van der Waals surface area contributed by atoms with Crippen molar-refractivity contribution in [2.45, 2.75) is 24.3 Å². The van der Waals surface area contributed by atoms with E-state index in [0.717, 1.165) is 13.1 Å². The van der Waals surface area contributed by atoms with Gasteiger partial charge in [0.25, 0.3) is 0 Å². The van der Waals surface area contributed by atoms with Crippen LogP contribution in [0.3, 0.4) is 0 Å². The minimum Gasteiger partial charge on any atom is -0.294 e. The van der Waals surface area contributed by atoms with Crippen LogP contribution in [0.1, 0.15) is 24.2 Å². The average Bonchev–Trinajstić information content (AvgIpc) is 2.27. The van der Waals surface area contributed by atoms with Gasteiger partial charge in [-0.15, -0.1) is 0 Å². The first-order valence-corrected chi connectivity index (χ1v) is 7.15. The fourth-order valence-electron chi connectivity index (χ4n) is 2.37. The minimum absolute atomic E-state index is 0.000741. The summed E-state index contributed by atoms with van der Waals surface area (Å²) in [6.07, 6.45) is 0. The highest BCUT2D eigenvalue weighted by atomic mass is 32.2. The summed E-state index contributed by atoms with van der Waals surface area (Å²) in [5.74, 6) is -0.349. The quantitative estimate of drug-likeness (QED) is 0.785. The van der Waals surface area contributed by atoms with Crippen LogP contribution in [-0.2, 0) is 0 Å². The number of nitrogens with zero attached hydrogens (tertiary/aromatic N) is 1. The molecule has 0 aliphatic carbocycles. The molecule has 1 aromatic carbocycles. The smallest absolute Gasteiger partial charge is 0.176 e. The maximum atomic E-state index is 13.1. The maximum absolute atomic E-state index is 13.1. The molecule has 1 fully saturated rings. The number of halogens is 1. The Balaban J connectivity index is 1.99. The Kier molecular flexibility index (Phi) is 4.40. The Labute approximate surface area is 112 Å². The van der Waals surface area contributed by atoms with Crippen LogP contribution in [0.25, 0.3) is 0 Å². The van der Waals surface area contributed by atoms with Gasteiger partial charge in [0.1, 0.15) is 5.82 Å². The molecule has 1 heterocycles. The Morgan fingerprint density at radius 3 is 2.67 bits per heavy atom. The number of ketones is 1. The first kappa shape index (κ1) is 13.6. The van der Waals surface area contributed by atoms with Crippen molar-refractivity contribution in [1.29, 1.82) is 0 Å². The largest absolute Gasteiger partial charge is 0.294 e. The van der Waals surface area contributed by atoms with Gasteiger partial charge in [-0.05, 0) is 12.1 Å². The lowest BCUT2D eigenvalue weighted by atomic mass is 10.1. The third-order valence-electron chi connectivity index (χ3n) is 3.01. The standard InChI is InChI=1S/C14H18FNOS/c1-10-7-16(8-11(2)18-10)9-14(17)12-4-3-5-13(15)6-12/h3-6,10-11H,7-9H2,1-2H3. The van der Waals surface area contributed by atoms with Crippen LogP contribution in [0, 0.1) is 5.82 Å². The highest BCUT2D eigenvalue weighted by Crippen LogP contribution is 2.24. The maximum Gasteiger partial charge on any atom is 0.176 e. The van der Waals surface area contributed by atoms with Crippen molar-refractivity contribution in [2.75, 3.05) is 19.6 Å². The van der Waals surface area contributed by atoms with E-state index in [2.05, 4.69) is 18.7 Å². The van der Waals surface area contributed by atoms with Crippen LogP contribution in [0.2, 0.25) is 0 Å². The van der Waals surface area contributed by atoms with Crippen LogP contribution in [0.15, 0.2) is 24.3 Å². The second-order valence-corrected chi connectivity index (χ2v) is 6.77. The highest BCUT2D eigenvalue weighted by molar-refractivity contribution is 8.00. The van der Waals surface area contributed by atoms with E-state index < -0.39 is 0 Å². The van der Waals surface area contributed by atoms with Crippen LogP contribution in [0.4, 0.5) is 4.39 Å². The molecule has 1 aromatic rings. The highest BCUT2D eigenvalue weighted by Gasteiger charge is 2.24. The van der Waals surface area contributed by atoms with Gasteiger partial charge in [0.15, 0.2) is 5.78 Å². The molecule has 1 saturated heterocycles. The van der Waals surface area contributed by atoms with E-state index in [1.807, 2.05) is 11.8 Å². The van der Waals surface area contributed by atoms with Crippen LogP contribution in [-0.4, -0.2) is 40.8 Å². The summed E-state index contributed by atoms with van der Waals surface area (Å²) < 4.78 is 13.1. The third-order valence-corrected chi connectivity index (χ3v) is 4.24. The normalized spacial score (nSPS) is 25.1. The number of carbonyl (C=O) groups excluding carboxylic acids is 1. The minimum atomic E-state index is -0.350. The predicted molar refractivity (Wildman–Crippen MR) is 73.7 cm³/mol. The van der Waals surface area contributed by atoms with Crippen molar-refractivity contribution < 1.29 is 9.18 Å². The van der Waals surface area contributed by atoms with Gasteiger partial charge in [0, 0.05) is 29.2 Å². The monoisotopic (exact) mass is 267 g/mol. The molecule has 0 bridgehead atoms. The van der Waals surface area contributed by atoms with Crippen LogP contribution >= 0.6 is 11.8 Å². The van der Waals surface area contributed by atoms with Gasteiger partial charge in [0.2, 0.25) is 0 Å². The number of thioether (sulfide) groups is 1. The SMILES string of the molecule is CC1CN(CC(=O)c2cccc(F)c2)CC(C)S1. The molecule has 2 atom stereocenters. The molecule has 2 unspecified atom stereocenters. The Morgan fingerprint density at radius 1 is 1.39 bits per heavy atom. The second kappa shape index (κ2) is 5.85. The Hall–Kier alpha value is -0.870. The van der Waals surface area contributed by atoms with E-state index in [1.165, 1.54) is 12.1 Å². The predicted octanol–water partition coefficient (Wildman–Crippen LogP) is 2.83. The van der Waals surface area contributed by atoms with Crippen molar-refractivity contribution in [3.8, 4) is 0 Å². The van der Waals surface area contributed by atoms with Crippen molar-refractivity contribution in [3.05, 3.63) is 35.6 Å². The fourth-order valence-corrected chi connectivity index (χ4v) is 3.76. The second-order valence-electron chi connectivity index (χ2n) is 4.88.